The molecule has 0 spiro atoms. The van der Waals surface area contributed by atoms with Gasteiger partial charge in [-0.2, -0.15) is 9.61 Å². The second-order valence-corrected chi connectivity index (χ2v) is 13.9. The number of H-pyrrole nitrogens is 1. The van der Waals surface area contributed by atoms with E-state index in [-0.39, 0.29) is 40.4 Å². The van der Waals surface area contributed by atoms with Crippen molar-refractivity contribution in [1.29, 1.82) is 0 Å². The zero-order valence-electron chi connectivity index (χ0n) is 23.8. The van der Waals surface area contributed by atoms with Crippen LogP contribution in [0, 0.1) is 0 Å². The first kappa shape index (κ1) is 27.2. The molecular formula is C30H31N9O3S. The zero-order valence-corrected chi connectivity index (χ0v) is 24.6. The van der Waals surface area contributed by atoms with Crippen LogP contribution >= 0.6 is 0 Å². The van der Waals surface area contributed by atoms with Crippen molar-refractivity contribution in [2.24, 2.45) is 0 Å². The molecule has 1 aromatic carbocycles. The molecule has 0 saturated carbocycles. The van der Waals surface area contributed by atoms with Crippen molar-refractivity contribution in [2.75, 3.05) is 5.73 Å². The van der Waals surface area contributed by atoms with Gasteiger partial charge >= 0.3 is 0 Å². The van der Waals surface area contributed by atoms with E-state index in [9.17, 15) is 13.2 Å². The molecule has 2 aliphatic rings. The summed E-state index contributed by atoms with van der Waals surface area (Å²) in [6.45, 7) is 3.28. The van der Waals surface area contributed by atoms with E-state index in [4.69, 9.17) is 10.7 Å². The highest BCUT2D eigenvalue weighted by Gasteiger charge is 2.46. The monoisotopic (exact) mass is 597 g/mol. The topological polar surface area (TPSA) is 165 Å². The van der Waals surface area contributed by atoms with Crippen LogP contribution in [0.25, 0.3) is 28.0 Å². The van der Waals surface area contributed by atoms with Crippen molar-refractivity contribution in [1.82, 2.24) is 39.7 Å². The summed E-state index contributed by atoms with van der Waals surface area (Å²) in [5, 5.41) is 11.4. The summed E-state index contributed by atoms with van der Waals surface area (Å²) in [7, 11) is -3.81. The average molecular weight is 598 g/mol. The molecule has 3 N–H and O–H groups in total. The van der Waals surface area contributed by atoms with Gasteiger partial charge in [-0.1, -0.05) is 36.4 Å². The number of amides is 1. The molecule has 2 bridgehead atoms. The van der Waals surface area contributed by atoms with Crippen LogP contribution in [0.5, 0.6) is 0 Å². The van der Waals surface area contributed by atoms with Gasteiger partial charge in [0.2, 0.25) is 5.82 Å². The van der Waals surface area contributed by atoms with E-state index in [1.165, 1.54) is 10.8 Å². The van der Waals surface area contributed by atoms with Crippen LogP contribution in [-0.4, -0.2) is 71.3 Å². The van der Waals surface area contributed by atoms with Crippen molar-refractivity contribution in [3.8, 4) is 22.4 Å². The number of anilines is 1. The third-order valence-corrected chi connectivity index (χ3v) is 10.9. The predicted molar refractivity (Wildman–Crippen MR) is 160 cm³/mol. The molecule has 0 radical (unpaired) electrons. The Morgan fingerprint density at radius 2 is 1.77 bits per heavy atom. The summed E-state index contributed by atoms with van der Waals surface area (Å²) in [5.74, 6) is -0.154. The number of aromatic amines is 1. The first-order chi connectivity index (χ1) is 20.7. The summed E-state index contributed by atoms with van der Waals surface area (Å²) in [6, 6.07) is 13.6. The maximum absolute atomic E-state index is 13.8. The van der Waals surface area contributed by atoms with Gasteiger partial charge in [-0.25, -0.2) is 13.4 Å². The van der Waals surface area contributed by atoms with E-state index in [0.29, 0.717) is 29.7 Å². The van der Waals surface area contributed by atoms with E-state index in [0.717, 1.165) is 29.7 Å². The first-order valence-corrected chi connectivity index (χ1v) is 15.9. The predicted octanol–water partition coefficient (Wildman–Crippen LogP) is 3.89. The molecule has 6 heterocycles. The Bertz CT molecular complexity index is 1910. The molecule has 2 aliphatic heterocycles. The lowest BCUT2D eigenvalue weighted by Crippen LogP contribution is -2.46. The fourth-order valence-electron chi connectivity index (χ4n) is 6.52. The van der Waals surface area contributed by atoms with Crippen LogP contribution in [0.2, 0.25) is 0 Å². The van der Waals surface area contributed by atoms with Crippen molar-refractivity contribution in [2.45, 2.75) is 67.7 Å². The largest absolute Gasteiger partial charge is 0.382 e. The lowest BCUT2D eigenvalue weighted by atomic mass is 9.87. The molecule has 3 atom stereocenters. The Hall–Kier alpha value is -4.65. The van der Waals surface area contributed by atoms with Gasteiger partial charge in [0, 0.05) is 40.9 Å². The maximum Gasteiger partial charge on any atom is 0.292 e. The summed E-state index contributed by atoms with van der Waals surface area (Å²) < 4.78 is 28.9. The third-order valence-electron chi connectivity index (χ3n) is 8.69. The van der Waals surface area contributed by atoms with Gasteiger partial charge in [-0.3, -0.25) is 9.78 Å². The maximum atomic E-state index is 13.8. The second kappa shape index (κ2) is 10.3. The van der Waals surface area contributed by atoms with E-state index in [1.807, 2.05) is 47.4 Å². The molecule has 12 nitrogen and oxygen atoms in total. The molecule has 0 aliphatic carbocycles. The Kier molecular flexibility index (Phi) is 6.49. The molecule has 1 amide bonds. The molecule has 43 heavy (non-hydrogen) atoms. The van der Waals surface area contributed by atoms with Gasteiger partial charge in [0.1, 0.15) is 17.0 Å². The van der Waals surface area contributed by atoms with Crippen molar-refractivity contribution in [3.63, 3.8) is 0 Å². The smallest absolute Gasteiger partial charge is 0.292 e. The number of hydrogen-bond acceptors (Lipinski definition) is 9. The fraction of sp³-hybridized carbons (Fsp3) is 0.333. The normalized spacial score (nSPS) is 20.3. The van der Waals surface area contributed by atoms with Gasteiger partial charge < -0.3 is 15.6 Å². The Morgan fingerprint density at radius 3 is 2.40 bits per heavy atom. The molecule has 5 aromatic rings. The number of carbonyl (C=O) groups excluding carboxylic acids is 1. The number of rotatable bonds is 6. The van der Waals surface area contributed by atoms with E-state index >= 15 is 0 Å². The molecule has 2 fully saturated rings. The molecule has 0 unspecified atom stereocenters. The number of hydrogen-bond donors (Lipinski definition) is 2. The number of fused-ring (bicyclic) bond motifs is 3. The van der Waals surface area contributed by atoms with Crippen LogP contribution in [0.1, 0.15) is 61.8 Å². The zero-order chi connectivity index (χ0) is 29.9. The van der Waals surface area contributed by atoms with Gasteiger partial charge in [0.15, 0.2) is 15.5 Å². The number of nitrogens with two attached hydrogens (primary N) is 1. The average Bonchev–Trinajstić information content (AvgIpc) is 3.76. The summed E-state index contributed by atoms with van der Waals surface area (Å²) >= 11 is 0. The Morgan fingerprint density at radius 1 is 1.02 bits per heavy atom. The number of piperidine rings is 1. The highest BCUT2D eigenvalue weighted by atomic mass is 32.2. The lowest BCUT2D eigenvalue weighted by molar-refractivity contribution is 0.0556. The molecule has 7 rings (SSSR count). The van der Waals surface area contributed by atoms with Crippen LogP contribution in [0.15, 0.2) is 66.1 Å². The Labute approximate surface area is 248 Å². The molecule has 220 valence electrons. The van der Waals surface area contributed by atoms with E-state index in [2.05, 4.69) is 25.3 Å². The highest BCUT2D eigenvalue weighted by molar-refractivity contribution is 7.92. The summed E-state index contributed by atoms with van der Waals surface area (Å²) in [5.41, 5.74) is 10.9. The van der Waals surface area contributed by atoms with Crippen molar-refractivity contribution < 1.29 is 13.2 Å². The number of benzene rings is 1. The van der Waals surface area contributed by atoms with Crippen LogP contribution in [-0.2, 0) is 9.84 Å². The number of nitrogen functional groups attached to an aromatic ring is 1. The van der Waals surface area contributed by atoms with Crippen molar-refractivity contribution in [3.05, 3.63) is 72.7 Å². The number of nitrogens with one attached hydrogen (secondary N) is 1. The lowest BCUT2D eigenvalue weighted by Gasteiger charge is -2.38. The summed E-state index contributed by atoms with van der Waals surface area (Å²) in [4.78, 5) is 27.6. The van der Waals surface area contributed by atoms with Crippen molar-refractivity contribution >= 4 is 27.2 Å². The Balaban J connectivity index is 1.31. The van der Waals surface area contributed by atoms with Gasteiger partial charge in [0.05, 0.1) is 22.8 Å². The minimum absolute atomic E-state index is 0.0293. The second-order valence-electron chi connectivity index (χ2n) is 11.5. The first-order valence-electron chi connectivity index (χ1n) is 14.4. The third kappa shape index (κ3) is 4.46. The molecule has 13 heteroatoms. The SMILES string of the molecule is CC(C)S(=O)(=O)c1c([C@H]2C[C@H]3CC[C@@H](C2)N3C(=O)c2nnc[nH]2)nc2c(-c3ccc(-c4ccccc4)nc3)cnn2c1N. The van der Waals surface area contributed by atoms with Gasteiger partial charge in [0.25, 0.3) is 5.91 Å². The number of aromatic nitrogens is 7. The fourth-order valence-corrected chi connectivity index (χ4v) is 7.88. The quantitative estimate of drug-likeness (QED) is 0.295. The molecule has 2 saturated heterocycles. The van der Waals surface area contributed by atoms with E-state index < -0.39 is 15.1 Å². The minimum atomic E-state index is -3.81. The van der Waals surface area contributed by atoms with Gasteiger partial charge in [-0.15, -0.1) is 10.2 Å². The standard InChI is InChI=1S/C30H31N9O3S/c1-17(2)43(41,42)26-25(20-12-21-9-10-22(13-20)38(21)30(40)28-33-16-34-37-28)36-29-23(15-35-39(29)27(26)31)19-8-11-24(32-14-19)18-6-4-3-5-7-18/h3-8,11,14-17,20-22H,9-10,12-13,31H2,1-2H3,(H,33,34,37)/t20-,21+,22-. The number of pyridine rings is 1. The van der Waals surface area contributed by atoms with Crippen LogP contribution in [0.3, 0.4) is 0 Å². The number of sulfone groups is 1. The molecule has 4 aromatic heterocycles. The van der Waals surface area contributed by atoms with E-state index in [1.54, 1.807) is 26.2 Å². The molecular weight excluding hydrogens is 566 g/mol. The minimum Gasteiger partial charge on any atom is -0.382 e. The summed E-state index contributed by atoms with van der Waals surface area (Å²) in [6.07, 6.45) is 7.58. The van der Waals surface area contributed by atoms with Crippen LogP contribution in [0.4, 0.5) is 5.82 Å². The highest BCUT2D eigenvalue weighted by Crippen LogP contribution is 2.46. The number of nitrogens with zero attached hydrogens (tertiary/aromatic N) is 7. The van der Waals surface area contributed by atoms with Gasteiger partial charge in [-0.05, 0) is 45.6 Å². The number of carbonyl (C=O) groups is 1. The van der Waals surface area contributed by atoms with Crippen LogP contribution < -0.4 is 5.73 Å².